The van der Waals surface area contributed by atoms with Crippen molar-refractivity contribution in [2.24, 2.45) is 28.9 Å². The van der Waals surface area contributed by atoms with Crippen LogP contribution in [0.4, 0.5) is 10.5 Å². The third-order valence-electron chi connectivity index (χ3n) is 14.8. The lowest BCUT2D eigenvalue weighted by atomic mass is 9.83. The first-order valence-corrected chi connectivity index (χ1v) is 28.1. The number of anilines is 1. The molecule has 1 aliphatic carbocycles. The number of esters is 1. The molecule has 1 unspecified atom stereocenters. The number of amides is 3. The van der Waals surface area contributed by atoms with Crippen LogP contribution in [0.1, 0.15) is 118 Å². The van der Waals surface area contributed by atoms with E-state index in [1.54, 1.807) is 66.9 Å². The second-order valence-corrected chi connectivity index (χ2v) is 24.5. The molecule has 4 bridgehead atoms. The monoisotopic (exact) mass is 1080 g/mol. The zero-order valence-corrected chi connectivity index (χ0v) is 47.3. The highest BCUT2D eigenvalue weighted by atomic mass is 35.5. The summed E-state index contributed by atoms with van der Waals surface area (Å²) in [4.78, 5) is 83.8. The second kappa shape index (κ2) is 27.8. The predicted molar refractivity (Wildman–Crippen MR) is 291 cm³/mol. The van der Waals surface area contributed by atoms with Gasteiger partial charge in [0.2, 0.25) is 11.8 Å². The quantitative estimate of drug-likeness (QED) is 0.0333. The standard InChI is InChI=1S/C54H82ClN5O11S2/c1-13-34(3)49(64)40(20-14-15-24-56)57-32-38(61)19-17-25-72-73-52(6,7)23-22-46(62)59(9)36(5)50(65)71-45-29-47(63)60(10)41-27-37(28-42(68-11)48(41)55)26-33(2)18-16-21-44(69-12)54(67)31-43(70-51(66)58-54)35(4)39-30-53(39,45)8/h13,16,18,21,27-28,34-36,39-40,43-45,57,67H,1,14-15,17,19-20,22-26,29-32,56H2,2-12H3,(H,58,66)/b21-16+,33-18+/t34?,35-,36-,39-,40-,43-,44+,45-,53+,54-/m0/s1. The minimum Gasteiger partial charge on any atom is -0.495 e. The van der Waals surface area contributed by atoms with Gasteiger partial charge in [-0.05, 0) is 102 Å². The number of hydrogen-bond acceptors (Lipinski definition) is 15. The van der Waals surface area contributed by atoms with Crippen molar-refractivity contribution < 1.29 is 52.8 Å². The lowest BCUT2D eigenvalue weighted by Crippen LogP contribution is -2.63. The molecule has 0 spiro atoms. The number of unbranched alkanes of at least 4 members (excludes halogenated alkanes) is 1. The number of benzene rings is 1. The Kier molecular flexibility index (Phi) is 23.4. The summed E-state index contributed by atoms with van der Waals surface area (Å²) in [6.07, 6.45) is 8.21. The van der Waals surface area contributed by atoms with Crippen molar-refractivity contribution in [1.29, 1.82) is 0 Å². The average molecular weight is 1080 g/mol. The summed E-state index contributed by atoms with van der Waals surface area (Å²) in [7, 11) is 9.41. The number of nitrogens with two attached hydrogens (primary N) is 1. The van der Waals surface area contributed by atoms with E-state index in [9.17, 15) is 33.9 Å². The largest absolute Gasteiger partial charge is 0.495 e. The van der Waals surface area contributed by atoms with Gasteiger partial charge in [0.25, 0.3) is 0 Å². The molecule has 16 nitrogen and oxygen atoms in total. The number of fused-ring (bicyclic) bond motifs is 5. The molecular weight excluding hydrogens is 994 g/mol. The number of nitrogens with zero attached hydrogens (tertiary/aromatic N) is 2. The van der Waals surface area contributed by atoms with Crippen molar-refractivity contribution in [2.75, 3.05) is 52.1 Å². The Hall–Kier alpha value is -3.91. The van der Waals surface area contributed by atoms with Gasteiger partial charge in [0, 0.05) is 62.3 Å². The first-order valence-electron chi connectivity index (χ1n) is 25.4. The average Bonchev–Trinajstić information content (AvgIpc) is 4.05. The van der Waals surface area contributed by atoms with Crippen molar-refractivity contribution in [3.8, 4) is 5.75 Å². The van der Waals surface area contributed by atoms with Gasteiger partial charge < -0.3 is 44.9 Å². The molecule has 1 saturated carbocycles. The zero-order chi connectivity index (χ0) is 54.4. The molecular formula is C54H82ClN5O11S2. The lowest BCUT2D eigenvalue weighted by Gasteiger charge is -2.42. The molecule has 2 heterocycles. The molecule has 19 heteroatoms. The van der Waals surface area contributed by atoms with E-state index in [-0.39, 0.29) is 76.7 Å². The number of likely N-dealkylation sites (N-methyl/N-ethyl adjacent to an activating group) is 1. The van der Waals surface area contributed by atoms with E-state index in [1.165, 1.54) is 24.0 Å². The minimum absolute atomic E-state index is 0.00376. The van der Waals surface area contributed by atoms with Crippen LogP contribution in [0.2, 0.25) is 5.02 Å². The number of nitrogens with one attached hydrogen (secondary N) is 2. The Morgan fingerprint density at radius 2 is 1.86 bits per heavy atom. The molecule has 0 aromatic heterocycles. The number of hydrogen-bond donors (Lipinski definition) is 4. The molecule has 10 atom stereocenters. The number of carbonyl (C=O) groups is 6. The van der Waals surface area contributed by atoms with Gasteiger partial charge >= 0.3 is 12.1 Å². The number of rotatable bonds is 24. The Morgan fingerprint density at radius 1 is 1.15 bits per heavy atom. The lowest BCUT2D eigenvalue weighted by molar-refractivity contribution is -0.163. The van der Waals surface area contributed by atoms with Gasteiger partial charge in [0.05, 0.1) is 31.8 Å². The Balaban J connectivity index is 1.43. The first-order chi connectivity index (χ1) is 34.3. The molecule has 1 aromatic carbocycles. The van der Waals surface area contributed by atoms with Crippen molar-refractivity contribution >= 4 is 74.3 Å². The van der Waals surface area contributed by atoms with E-state index in [0.29, 0.717) is 56.5 Å². The van der Waals surface area contributed by atoms with Crippen LogP contribution >= 0.6 is 33.2 Å². The Labute approximate surface area is 446 Å². The van der Waals surface area contributed by atoms with Crippen molar-refractivity contribution in [3.63, 3.8) is 0 Å². The van der Waals surface area contributed by atoms with Crippen LogP contribution in [0.5, 0.6) is 5.75 Å². The van der Waals surface area contributed by atoms with Gasteiger partial charge in [-0.15, -0.1) is 6.58 Å². The molecule has 1 saturated heterocycles. The number of ketones is 2. The fourth-order valence-electron chi connectivity index (χ4n) is 9.53. The molecule has 4 rings (SSSR count). The third kappa shape index (κ3) is 17.0. The number of halogens is 1. The SMILES string of the molecule is C=CC(C)C(=O)[C@H](CCCCN)NCC(=O)CCCSSC(C)(C)CCC(=O)N(C)[C@@H](C)C(=O)O[C@H]1CC(=O)N(C)c2cc(cc(OC)c2Cl)C/C(C)=C/C=C/[C@@H](OC)[C@@]2(O)C[C@H](OC(=O)N2)[C@@H](C)[C@@H]2C[C@@]12C. The van der Waals surface area contributed by atoms with E-state index in [2.05, 4.69) is 31.1 Å². The van der Waals surface area contributed by atoms with E-state index in [4.69, 9.17) is 36.3 Å². The number of Topliss-reactive ketones (excluding diaryl/α,β-unsaturated/α-hetero) is 2. The Bertz CT molecular complexity index is 2190. The number of alkyl carbamates (subject to hydrolysis) is 1. The van der Waals surface area contributed by atoms with Gasteiger partial charge in [0.1, 0.15) is 40.9 Å². The number of ether oxygens (including phenoxy) is 4. The molecule has 2 aliphatic heterocycles. The maximum atomic E-state index is 14.4. The van der Waals surface area contributed by atoms with Crippen LogP contribution < -0.4 is 26.0 Å². The predicted octanol–water partition coefficient (Wildman–Crippen LogP) is 8.15. The van der Waals surface area contributed by atoms with Crippen LogP contribution in [-0.2, 0) is 44.6 Å². The van der Waals surface area contributed by atoms with Crippen LogP contribution in [0, 0.1) is 23.2 Å². The molecule has 3 aliphatic rings. The number of aliphatic hydroxyl groups is 1. The number of methoxy groups -OCH3 is 2. The summed E-state index contributed by atoms with van der Waals surface area (Å²) in [5, 5.41) is 17.9. The molecule has 73 heavy (non-hydrogen) atoms. The van der Waals surface area contributed by atoms with E-state index in [0.717, 1.165) is 29.7 Å². The highest BCUT2D eigenvalue weighted by Gasteiger charge is 2.62. The summed E-state index contributed by atoms with van der Waals surface area (Å²) in [6, 6.07) is 2.22. The molecule has 2 fully saturated rings. The van der Waals surface area contributed by atoms with Crippen molar-refractivity contribution in [1.82, 2.24) is 15.5 Å². The van der Waals surface area contributed by atoms with Gasteiger partial charge in [0.15, 0.2) is 11.5 Å². The van der Waals surface area contributed by atoms with Crippen LogP contribution in [0.15, 0.2) is 48.6 Å². The fourth-order valence-corrected chi connectivity index (χ4v) is 12.5. The van der Waals surface area contributed by atoms with E-state index in [1.807, 2.05) is 39.8 Å². The summed E-state index contributed by atoms with van der Waals surface area (Å²) in [5.41, 5.74) is 5.23. The summed E-state index contributed by atoms with van der Waals surface area (Å²) in [5.74, 6) is -0.986. The van der Waals surface area contributed by atoms with E-state index >= 15 is 0 Å². The summed E-state index contributed by atoms with van der Waals surface area (Å²) < 4.78 is 23.2. The second-order valence-electron chi connectivity index (χ2n) is 20.9. The molecule has 0 radical (unpaired) electrons. The first kappa shape index (κ1) is 61.6. The fraction of sp³-hybridized carbons (Fsp3) is 0.667. The summed E-state index contributed by atoms with van der Waals surface area (Å²) in [6.45, 7) is 17.7. The highest BCUT2D eigenvalue weighted by molar-refractivity contribution is 8.77. The third-order valence-corrected chi connectivity index (χ3v) is 18.6. The van der Waals surface area contributed by atoms with Crippen molar-refractivity contribution in [2.45, 2.75) is 160 Å². The van der Waals surface area contributed by atoms with Gasteiger partial charge in [-0.2, -0.15) is 0 Å². The molecule has 5 N–H and O–H groups in total. The summed E-state index contributed by atoms with van der Waals surface area (Å²) >= 11 is 6.86. The number of allylic oxidation sites excluding steroid dienone is 4. The Morgan fingerprint density at radius 3 is 2.52 bits per heavy atom. The normalized spacial score (nSPS) is 26.9. The zero-order valence-electron chi connectivity index (χ0n) is 44.9. The maximum Gasteiger partial charge on any atom is 0.409 e. The van der Waals surface area contributed by atoms with Crippen LogP contribution in [-0.4, -0.2) is 133 Å². The van der Waals surface area contributed by atoms with E-state index < -0.39 is 53.6 Å². The molecule has 3 amide bonds. The smallest absolute Gasteiger partial charge is 0.409 e. The van der Waals surface area contributed by atoms with Crippen molar-refractivity contribution in [3.05, 3.63) is 59.2 Å². The highest BCUT2D eigenvalue weighted by Crippen LogP contribution is 2.61. The van der Waals surface area contributed by atoms with Crippen LogP contribution in [0.25, 0.3) is 0 Å². The molecule has 1 aromatic rings. The van der Waals surface area contributed by atoms with Gasteiger partial charge in [-0.1, -0.05) is 90.3 Å². The number of carbonyl (C=O) groups excluding carboxylic acids is 6. The van der Waals surface area contributed by atoms with Gasteiger partial charge in [-0.25, -0.2) is 9.59 Å². The van der Waals surface area contributed by atoms with Gasteiger partial charge in [-0.3, -0.25) is 24.5 Å². The molecule has 408 valence electrons. The minimum atomic E-state index is -1.80. The topological polar surface area (TPSA) is 216 Å². The maximum absolute atomic E-state index is 14.4. The van der Waals surface area contributed by atoms with Crippen LogP contribution in [0.3, 0.4) is 0 Å².